The van der Waals surface area contributed by atoms with Crippen LogP contribution in [0.5, 0.6) is 0 Å². The van der Waals surface area contributed by atoms with Gasteiger partial charge >= 0.3 is 0 Å². The Morgan fingerprint density at radius 2 is 1.79 bits per heavy atom. The lowest BCUT2D eigenvalue weighted by atomic mass is 10.0. The molecule has 1 aliphatic rings. The fourth-order valence-corrected chi connectivity index (χ4v) is 4.24. The third kappa shape index (κ3) is 3.11. The van der Waals surface area contributed by atoms with Gasteiger partial charge < -0.3 is 4.90 Å². The lowest BCUT2D eigenvalue weighted by Crippen LogP contribution is -2.24. The molecule has 24 heavy (non-hydrogen) atoms. The molecule has 0 saturated carbocycles. The Labute approximate surface area is 147 Å². The molecule has 0 atom stereocenters. The van der Waals surface area contributed by atoms with Crippen molar-refractivity contribution in [3.05, 3.63) is 47.5 Å². The SMILES string of the molecule is CCCCCCN1c2ccccc2Sc2ccc(C=O)c(C=O)c21. The van der Waals surface area contributed by atoms with E-state index in [1.807, 2.05) is 18.2 Å². The van der Waals surface area contributed by atoms with E-state index in [1.165, 1.54) is 24.2 Å². The molecule has 0 bridgehead atoms. The molecular formula is C20H21NO2S. The predicted molar refractivity (Wildman–Crippen MR) is 98.9 cm³/mol. The molecule has 0 unspecified atom stereocenters. The Balaban J connectivity index is 2.05. The van der Waals surface area contributed by atoms with Gasteiger partial charge in [0, 0.05) is 27.5 Å². The van der Waals surface area contributed by atoms with Crippen molar-refractivity contribution in [1.82, 2.24) is 0 Å². The van der Waals surface area contributed by atoms with Crippen LogP contribution in [0.3, 0.4) is 0 Å². The van der Waals surface area contributed by atoms with E-state index in [0.717, 1.165) is 41.8 Å². The minimum absolute atomic E-state index is 0.460. The molecule has 3 rings (SSSR count). The Hall–Kier alpha value is -2.07. The lowest BCUT2D eigenvalue weighted by Gasteiger charge is -2.34. The topological polar surface area (TPSA) is 37.4 Å². The summed E-state index contributed by atoms with van der Waals surface area (Å²) in [4.78, 5) is 27.5. The number of hydrogen-bond donors (Lipinski definition) is 0. The van der Waals surface area contributed by atoms with E-state index >= 15 is 0 Å². The molecule has 0 fully saturated rings. The Morgan fingerprint density at radius 1 is 0.958 bits per heavy atom. The highest BCUT2D eigenvalue weighted by molar-refractivity contribution is 7.99. The number of benzene rings is 2. The van der Waals surface area contributed by atoms with E-state index in [-0.39, 0.29) is 0 Å². The summed E-state index contributed by atoms with van der Waals surface area (Å²) in [6, 6.07) is 11.9. The molecule has 0 N–H and O–H groups in total. The number of carbonyl (C=O) groups excluding carboxylic acids is 2. The van der Waals surface area contributed by atoms with E-state index in [2.05, 4.69) is 24.0 Å². The van der Waals surface area contributed by atoms with Crippen LogP contribution in [0, 0.1) is 0 Å². The number of nitrogens with zero attached hydrogens (tertiary/aromatic N) is 1. The fraction of sp³-hybridized carbons (Fsp3) is 0.300. The number of carbonyl (C=O) groups is 2. The minimum atomic E-state index is 0.460. The van der Waals surface area contributed by atoms with Crippen LogP contribution in [-0.4, -0.2) is 19.1 Å². The summed E-state index contributed by atoms with van der Waals surface area (Å²) in [6.45, 7) is 3.05. The van der Waals surface area contributed by atoms with Gasteiger partial charge in [-0.15, -0.1) is 0 Å². The second kappa shape index (κ2) is 7.67. The van der Waals surface area contributed by atoms with Gasteiger partial charge in [0.25, 0.3) is 0 Å². The van der Waals surface area contributed by atoms with Crippen molar-refractivity contribution < 1.29 is 9.59 Å². The van der Waals surface area contributed by atoms with Crippen LogP contribution in [0.1, 0.15) is 53.3 Å². The molecule has 0 spiro atoms. The molecule has 1 aliphatic heterocycles. The average molecular weight is 339 g/mol. The van der Waals surface area contributed by atoms with Crippen LogP contribution in [0.4, 0.5) is 11.4 Å². The molecule has 2 aromatic carbocycles. The van der Waals surface area contributed by atoms with Crippen molar-refractivity contribution in [2.75, 3.05) is 11.4 Å². The van der Waals surface area contributed by atoms with Crippen LogP contribution < -0.4 is 4.90 Å². The number of rotatable bonds is 7. The van der Waals surface area contributed by atoms with Crippen molar-refractivity contribution in [1.29, 1.82) is 0 Å². The van der Waals surface area contributed by atoms with Crippen molar-refractivity contribution in [3.63, 3.8) is 0 Å². The number of unbranched alkanes of at least 4 members (excludes halogenated alkanes) is 3. The van der Waals surface area contributed by atoms with Crippen molar-refractivity contribution in [2.45, 2.75) is 42.4 Å². The third-order valence-corrected chi connectivity index (χ3v) is 5.45. The van der Waals surface area contributed by atoms with Crippen molar-refractivity contribution >= 4 is 35.7 Å². The molecule has 0 aliphatic carbocycles. The van der Waals surface area contributed by atoms with Crippen LogP contribution in [0.15, 0.2) is 46.2 Å². The van der Waals surface area contributed by atoms with Crippen LogP contribution >= 0.6 is 11.8 Å². The predicted octanol–water partition coefficient (Wildman–Crippen LogP) is 5.49. The first kappa shape index (κ1) is 16.8. The maximum Gasteiger partial charge on any atom is 0.152 e. The summed E-state index contributed by atoms with van der Waals surface area (Å²) < 4.78 is 0. The van der Waals surface area contributed by atoms with Gasteiger partial charge in [-0.2, -0.15) is 0 Å². The normalized spacial score (nSPS) is 12.5. The highest BCUT2D eigenvalue weighted by Gasteiger charge is 2.26. The quantitative estimate of drug-likeness (QED) is 0.493. The standard InChI is InChI=1S/C20H21NO2S/c1-2-3-4-7-12-21-17-8-5-6-9-18(17)24-19-11-10-15(13-22)16(14-23)20(19)21/h5-6,8-11,13-14H,2-4,7,12H2,1H3. The second-order valence-electron chi connectivity index (χ2n) is 5.93. The summed E-state index contributed by atoms with van der Waals surface area (Å²) >= 11 is 1.66. The molecule has 4 heteroatoms. The first-order valence-corrected chi connectivity index (χ1v) is 9.23. The first-order chi connectivity index (χ1) is 11.8. The summed E-state index contributed by atoms with van der Waals surface area (Å²) in [7, 11) is 0. The van der Waals surface area contributed by atoms with Crippen LogP contribution in [-0.2, 0) is 0 Å². The minimum Gasteiger partial charge on any atom is -0.339 e. The molecule has 0 amide bonds. The molecule has 0 saturated heterocycles. The summed E-state index contributed by atoms with van der Waals surface area (Å²) in [6.07, 6.45) is 6.22. The maximum atomic E-state index is 11.7. The van der Waals surface area contributed by atoms with Gasteiger partial charge in [-0.3, -0.25) is 9.59 Å². The molecule has 124 valence electrons. The average Bonchev–Trinajstić information content (AvgIpc) is 2.63. The summed E-state index contributed by atoms with van der Waals surface area (Å²) in [5, 5.41) is 0. The van der Waals surface area contributed by atoms with E-state index in [9.17, 15) is 9.59 Å². The zero-order valence-corrected chi connectivity index (χ0v) is 14.6. The number of anilines is 2. The van der Waals surface area contributed by atoms with E-state index in [4.69, 9.17) is 0 Å². The molecular weight excluding hydrogens is 318 g/mol. The molecule has 2 aromatic rings. The maximum absolute atomic E-state index is 11.7. The van der Waals surface area contributed by atoms with Gasteiger partial charge in [0.1, 0.15) is 0 Å². The van der Waals surface area contributed by atoms with Crippen molar-refractivity contribution in [2.24, 2.45) is 0 Å². The highest BCUT2D eigenvalue weighted by Crippen LogP contribution is 2.49. The third-order valence-electron chi connectivity index (χ3n) is 4.34. The second-order valence-corrected chi connectivity index (χ2v) is 7.02. The molecule has 0 aromatic heterocycles. The Bertz CT molecular complexity index is 757. The Kier molecular flexibility index (Phi) is 5.36. The highest BCUT2D eigenvalue weighted by atomic mass is 32.2. The summed E-state index contributed by atoms with van der Waals surface area (Å²) in [5.74, 6) is 0. The van der Waals surface area contributed by atoms with Gasteiger partial charge in [-0.05, 0) is 30.7 Å². The first-order valence-electron chi connectivity index (χ1n) is 8.42. The van der Waals surface area contributed by atoms with Crippen molar-refractivity contribution in [3.8, 4) is 0 Å². The molecule has 0 radical (unpaired) electrons. The van der Waals surface area contributed by atoms with E-state index < -0.39 is 0 Å². The number of fused-ring (bicyclic) bond motifs is 2. The van der Waals surface area contributed by atoms with Gasteiger partial charge in [0.05, 0.1) is 11.4 Å². The van der Waals surface area contributed by atoms with E-state index in [0.29, 0.717) is 11.1 Å². The summed E-state index contributed by atoms with van der Waals surface area (Å²) in [5.41, 5.74) is 2.97. The fourth-order valence-electron chi connectivity index (χ4n) is 3.13. The largest absolute Gasteiger partial charge is 0.339 e. The smallest absolute Gasteiger partial charge is 0.152 e. The monoisotopic (exact) mass is 339 g/mol. The van der Waals surface area contributed by atoms with Gasteiger partial charge in [0.15, 0.2) is 12.6 Å². The zero-order chi connectivity index (χ0) is 16.9. The van der Waals surface area contributed by atoms with Gasteiger partial charge in [-0.1, -0.05) is 50.1 Å². The lowest BCUT2D eigenvalue weighted by molar-refractivity contribution is 0.109. The Morgan fingerprint density at radius 3 is 2.54 bits per heavy atom. The van der Waals surface area contributed by atoms with E-state index in [1.54, 1.807) is 17.8 Å². The van der Waals surface area contributed by atoms with Gasteiger partial charge in [0.2, 0.25) is 0 Å². The number of para-hydroxylation sites is 1. The number of hydrogen-bond acceptors (Lipinski definition) is 4. The molecule has 1 heterocycles. The van der Waals surface area contributed by atoms with Crippen LogP contribution in [0.2, 0.25) is 0 Å². The number of aldehydes is 2. The molecule has 3 nitrogen and oxygen atoms in total. The zero-order valence-electron chi connectivity index (χ0n) is 13.8. The van der Waals surface area contributed by atoms with Gasteiger partial charge in [-0.25, -0.2) is 0 Å². The van der Waals surface area contributed by atoms with Crippen LogP contribution in [0.25, 0.3) is 0 Å².